The average Bonchev–Trinajstić information content (AvgIpc) is 2.93. The maximum absolute atomic E-state index is 11.8. The van der Waals surface area contributed by atoms with E-state index >= 15 is 0 Å². The number of hydrogen-bond donors (Lipinski definition) is 1. The SMILES string of the molecule is CCOC(=O)C1CCCC(NCc2sccc2CC)C1. The van der Waals surface area contributed by atoms with E-state index in [1.807, 2.05) is 18.3 Å². The fourth-order valence-electron chi connectivity index (χ4n) is 2.92. The Morgan fingerprint density at radius 1 is 1.45 bits per heavy atom. The first-order chi connectivity index (χ1) is 9.74. The van der Waals surface area contributed by atoms with Gasteiger partial charge in [-0.3, -0.25) is 4.79 Å². The lowest BCUT2D eigenvalue weighted by molar-refractivity contribution is -0.149. The predicted octanol–water partition coefficient (Wildman–Crippen LogP) is 3.52. The molecule has 0 radical (unpaired) electrons. The van der Waals surface area contributed by atoms with Gasteiger partial charge in [-0.2, -0.15) is 0 Å². The van der Waals surface area contributed by atoms with Gasteiger partial charge in [0.25, 0.3) is 0 Å². The summed E-state index contributed by atoms with van der Waals surface area (Å²) < 4.78 is 5.15. The number of thiophene rings is 1. The van der Waals surface area contributed by atoms with Crippen molar-refractivity contribution in [3.8, 4) is 0 Å². The molecular weight excluding hydrogens is 270 g/mol. The van der Waals surface area contributed by atoms with Crippen molar-refractivity contribution in [2.24, 2.45) is 5.92 Å². The number of hydrogen-bond acceptors (Lipinski definition) is 4. The van der Waals surface area contributed by atoms with Crippen LogP contribution in [0.3, 0.4) is 0 Å². The third-order valence-corrected chi connectivity index (χ3v) is 5.03. The minimum absolute atomic E-state index is 0.00984. The molecule has 0 amide bonds. The van der Waals surface area contributed by atoms with E-state index in [-0.39, 0.29) is 11.9 Å². The maximum Gasteiger partial charge on any atom is 0.308 e. The Hall–Kier alpha value is -0.870. The number of rotatable bonds is 6. The van der Waals surface area contributed by atoms with Crippen LogP contribution in [0.2, 0.25) is 0 Å². The molecule has 1 saturated carbocycles. The van der Waals surface area contributed by atoms with Crippen molar-refractivity contribution in [2.75, 3.05) is 6.61 Å². The summed E-state index contributed by atoms with van der Waals surface area (Å²) in [4.78, 5) is 13.3. The quantitative estimate of drug-likeness (QED) is 0.816. The highest BCUT2D eigenvalue weighted by atomic mass is 32.1. The Morgan fingerprint density at radius 3 is 3.05 bits per heavy atom. The van der Waals surface area contributed by atoms with Gasteiger partial charge in [-0.15, -0.1) is 11.3 Å². The molecule has 1 N–H and O–H groups in total. The molecular formula is C16H25NO2S. The molecule has 1 aliphatic rings. The molecule has 1 aromatic rings. The fourth-order valence-corrected chi connectivity index (χ4v) is 3.85. The summed E-state index contributed by atoms with van der Waals surface area (Å²) in [7, 11) is 0. The molecule has 3 nitrogen and oxygen atoms in total. The van der Waals surface area contributed by atoms with Crippen molar-refractivity contribution < 1.29 is 9.53 Å². The smallest absolute Gasteiger partial charge is 0.308 e. The first kappa shape index (κ1) is 15.5. The van der Waals surface area contributed by atoms with Crippen LogP contribution in [-0.4, -0.2) is 18.6 Å². The molecule has 0 spiro atoms. The first-order valence-electron chi connectivity index (χ1n) is 7.69. The Kier molecular flexibility index (Phi) is 6.05. The fraction of sp³-hybridized carbons (Fsp3) is 0.688. The van der Waals surface area contributed by atoms with E-state index in [4.69, 9.17) is 4.74 Å². The summed E-state index contributed by atoms with van der Waals surface area (Å²) in [6.45, 7) is 5.49. The number of carbonyl (C=O) groups is 1. The van der Waals surface area contributed by atoms with E-state index < -0.39 is 0 Å². The lowest BCUT2D eigenvalue weighted by atomic mass is 9.85. The summed E-state index contributed by atoms with van der Waals surface area (Å²) in [6.07, 6.45) is 5.29. The molecule has 4 heteroatoms. The highest BCUT2D eigenvalue weighted by Gasteiger charge is 2.27. The van der Waals surface area contributed by atoms with Gasteiger partial charge in [-0.1, -0.05) is 13.3 Å². The van der Waals surface area contributed by atoms with Crippen molar-refractivity contribution in [2.45, 2.75) is 58.5 Å². The second kappa shape index (κ2) is 7.79. The monoisotopic (exact) mass is 295 g/mol. The molecule has 2 atom stereocenters. The second-order valence-electron chi connectivity index (χ2n) is 5.42. The van der Waals surface area contributed by atoms with E-state index in [0.717, 1.165) is 32.2 Å². The van der Waals surface area contributed by atoms with E-state index in [1.165, 1.54) is 16.9 Å². The number of nitrogens with one attached hydrogen (secondary N) is 1. The molecule has 2 rings (SSSR count). The van der Waals surface area contributed by atoms with Gasteiger partial charge < -0.3 is 10.1 Å². The molecule has 1 fully saturated rings. The maximum atomic E-state index is 11.8. The lowest BCUT2D eigenvalue weighted by Crippen LogP contribution is -2.36. The van der Waals surface area contributed by atoms with Crippen LogP contribution in [0.4, 0.5) is 0 Å². The Balaban J connectivity index is 1.82. The standard InChI is InChI=1S/C16H25NO2S/c1-3-12-8-9-20-15(12)11-17-14-7-5-6-13(10-14)16(18)19-4-2/h8-9,13-14,17H,3-7,10-11H2,1-2H3. The van der Waals surface area contributed by atoms with Gasteiger partial charge in [0, 0.05) is 17.5 Å². The van der Waals surface area contributed by atoms with Crippen LogP contribution in [0, 0.1) is 5.92 Å². The summed E-state index contributed by atoms with van der Waals surface area (Å²) in [6, 6.07) is 2.66. The minimum Gasteiger partial charge on any atom is -0.466 e. The molecule has 1 heterocycles. The Morgan fingerprint density at radius 2 is 2.30 bits per heavy atom. The molecule has 0 aromatic carbocycles. The predicted molar refractivity (Wildman–Crippen MR) is 82.9 cm³/mol. The Bertz CT molecular complexity index is 430. The molecule has 20 heavy (non-hydrogen) atoms. The van der Waals surface area contributed by atoms with Crippen molar-refractivity contribution in [3.63, 3.8) is 0 Å². The number of carbonyl (C=O) groups excluding carboxylic acids is 1. The second-order valence-corrected chi connectivity index (χ2v) is 6.42. The van der Waals surface area contributed by atoms with Crippen molar-refractivity contribution >= 4 is 17.3 Å². The van der Waals surface area contributed by atoms with Gasteiger partial charge in [0.1, 0.15) is 0 Å². The van der Waals surface area contributed by atoms with Gasteiger partial charge in [0.05, 0.1) is 12.5 Å². The average molecular weight is 295 g/mol. The molecule has 112 valence electrons. The molecule has 0 aliphatic heterocycles. The molecule has 2 unspecified atom stereocenters. The summed E-state index contributed by atoms with van der Waals surface area (Å²) in [5, 5.41) is 5.79. The van der Waals surface area contributed by atoms with Crippen LogP contribution in [0.5, 0.6) is 0 Å². The van der Waals surface area contributed by atoms with Gasteiger partial charge in [0.2, 0.25) is 0 Å². The zero-order valence-corrected chi connectivity index (χ0v) is 13.3. The highest BCUT2D eigenvalue weighted by Crippen LogP contribution is 2.26. The third-order valence-electron chi connectivity index (χ3n) is 4.06. The third kappa shape index (κ3) is 4.06. The molecule has 1 aromatic heterocycles. The van der Waals surface area contributed by atoms with Crippen LogP contribution in [0.1, 0.15) is 50.0 Å². The Labute approximate surface area is 125 Å². The zero-order valence-electron chi connectivity index (χ0n) is 12.5. The lowest BCUT2D eigenvalue weighted by Gasteiger charge is -2.28. The van der Waals surface area contributed by atoms with E-state index in [1.54, 1.807) is 0 Å². The topological polar surface area (TPSA) is 38.3 Å². The number of ether oxygens (including phenoxy) is 1. The van der Waals surface area contributed by atoms with Gasteiger partial charge in [0.15, 0.2) is 0 Å². The van der Waals surface area contributed by atoms with Crippen LogP contribution < -0.4 is 5.32 Å². The van der Waals surface area contributed by atoms with Crippen molar-refractivity contribution in [1.82, 2.24) is 5.32 Å². The van der Waals surface area contributed by atoms with E-state index in [0.29, 0.717) is 12.6 Å². The van der Waals surface area contributed by atoms with Gasteiger partial charge in [-0.05, 0) is 49.6 Å². The summed E-state index contributed by atoms with van der Waals surface area (Å²) >= 11 is 1.82. The first-order valence-corrected chi connectivity index (χ1v) is 8.57. The van der Waals surface area contributed by atoms with Crippen LogP contribution in [0.25, 0.3) is 0 Å². The van der Waals surface area contributed by atoms with Crippen LogP contribution in [-0.2, 0) is 22.5 Å². The summed E-state index contributed by atoms with van der Waals surface area (Å²) in [5.74, 6) is 0.0829. The van der Waals surface area contributed by atoms with E-state index in [9.17, 15) is 4.79 Å². The van der Waals surface area contributed by atoms with Gasteiger partial charge >= 0.3 is 5.97 Å². The number of esters is 1. The van der Waals surface area contributed by atoms with Crippen molar-refractivity contribution in [1.29, 1.82) is 0 Å². The van der Waals surface area contributed by atoms with Crippen LogP contribution >= 0.6 is 11.3 Å². The summed E-state index contributed by atoms with van der Waals surface area (Å²) in [5.41, 5.74) is 1.44. The van der Waals surface area contributed by atoms with Crippen LogP contribution in [0.15, 0.2) is 11.4 Å². The molecule has 0 bridgehead atoms. The zero-order chi connectivity index (χ0) is 14.4. The highest BCUT2D eigenvalue weighted by molar-refractivity contribution is 7.10. The van der Waals surface area contributed by atoms with Crippen molar-refractivity contribution in [3.05, 3.63) is 21.9 Å². The number of aryl methyl sites for hydroxylation is 1. The minimum atomic E-state index is -0.00984. The normalized spacial score (nSPS) is 22.7. The largest absolute Gasteiger partial charge is 0.466 e. The van der Waals surface area contributed by atoms with Gasteiger partial charge in [-0.25, -0.2) is 0 Å². The van der Waals surface area contributed by atoms with E-state index in [2.05, 4.69) is 23.7 Å². The molecule has 1 aliphatic carbocycles. The molecule has 0 saturated heterocycles.